The number of anilines is 1. The summed E-state index contributed by atoms with van der Waals surface area (Å²) in [5.41, 5.74) is 8.81. The Hall–Kier alpha value is -3.25. The Morgan fingerprint density at radius 2 is 2.03 bits per heavy atom. The number of nitrogen functional groups attached to an aromatic ring is 1. The Morgan fingerprint density at radius 3 is 2.84 bits per heavy atom. The lowest BCUT2D eigenvalue weighted by molar-refractivity contribution is -0.0511. The fourth-order valence-electron chi connectivity index (χ4n) is 3.87. The molecule has 11 nitrogen and oxygen atoms in total. The highest BCUT2D eigenvalue weighted by atomic mass is 16.6. The number of aromatic amines is 1. The molecule has 1 saturated heterocycles. The standard InChI is InChI=1S/C20H22N6O5/c21-17-14-18(26(9-23-14)19-16(29)15(28)13(8-27)31-19)25-20(24-17)30-6-5-10-7-22-12-4-2-1-3-11(10)12/h1-4,7,9,13,15-16,19,22,27-29H,5-6,8H2,(H2,21,24,25)/t13-,15-,16-,19?/m0/s1. The molecule has 1 aliphatic heterocycles. The summed E-state index contributed by atoms with van der Waals surface area (Å²) < 4.78 is 12.8. The van der Waals surface area contributed by atoms with Crippen molar-refractivity contribution < 1.29 is 24.8 Å². The summed E-state index contributed by atoms with van der Waals surface area (Å²) in [7, 11) is 0. The Bertz CT molecular complexity index is 1220. The van der Waals surface area contributed by atoms with Crippen molar-refractivity contribution in [2.75, 3.05) is 18.9 Å². The largest absolute Gasteiger partial charge is 0.463 e. The second-order valence-corrected chi connectivity index (χ2v) is 7.40. The van der Waals surface area contributed by atoms with Crippen LogP contribution in [-0.4, -0.2) is 71.3 Å². The van der Waals surface area contributed by atoms with Crippen LogP contribution in [-0.2, 0) is 11.2 Å². The van der Waals surface area contributed by atoms with E-state index in [1.165, 1.54) is 10.9 Å². The lowest BCUT2D eigenvalue weighted by atomic mass is 10.1. The van der Waals surface area contributed by atoms with Gasteiger partial charge in [0.1, 0.15) is 18.3 Å². The van der Waals surface area contributed by atoms with Crippen molar-refractivity contribution in [2.24, 2.45) is 0 Å². The molecule has 1 aromatic carbocycles. The highest BCUT2D eigenvalue weighted by Crippen LogP contribution is 2.32. The Labute approximate surface area is 176 Å². The molecular formula is C20H22N6O5. The first-order valence-corrected chi connectivity index (χ1v) is 9.87. The second kappa shape index (κ2) is 7.78. The van der Waals surface area contributed by atoms with E-state index in [0.717, 1.165) is 16.5 Å². The third kappa shape index (κ3) is 3.37. The predicted molar refractivity (Wildman–Crippen MR) is 110 cm³/mol. The quantitative estimate of drug-likeness (QED) is 0.288. The molecule has 4 heterocycles. The number of fused-ring (bicyclic) bond motifs is 2. The summed E-state index contributed by atoms with van der Waals surface area (Å²) in [5.74, 6) is 0.123. The first-order valence-electron chi connectivity index (χ1n) is 9.87. The Balaban J connectivity index is 1.37. The molecule has 1 unspecified atom stereocenters. The third-order valence-electron chi connectivity index (χ3n) is 5.50. The zero-order valence-corrected chi connectivity index (χ0v) is 16.4. The topological polar surface area (TPSA) is 165 Å². The number of imidazole rings is 1. The van der Waals surface area contributed by atoms with E-state index in [9.17, 15) is 15.3 Å². The number of nitrogens with one attached hydrogen (secondary N) is 1. The number of rotatable bonds is 6. The molecule has 0 radical (unpaired) electrons. The smallest absolute Gasteiger partial charge is 0.320 e. The van der Waals surface area contributed by atoms with Gasteiger partial charge in [0, 0.05) is 23.5 Å². The summed E-state index contributed by atoms with van der Waals surface area (Å²) in [4.78, 5) is 15.9. The van der Waals surface area contributed by atoms with Gasteiger partial charge in [0.15, 0.2) is 23.2 Å². The van der Waals surface area contributed by atoms with Gasteiger partial charge in [0.05, 0.1) is 19.5 Å². The first kappa shape index (κ1) is 19.7. The van der Waals surface area contributed by atoms with E-state index in [4.69, 9.17) is 15.2 Å². The van der Waals surface area contributed by atoms with Crippen molar-refractivity contribution in [2.45, 2.75) is 31.0 Å². The number of hydrogen-bond donors (Lipinski definition) is 5. The van der Waals surface area contributed by atoms with Crippen LogP contribution in [0.1, 0.15) is 11.8 Å². The highest BCUT2D eigenvalue weighted by molar-refractivity contribution is 5.83. The molecule has 0 aliphatic carbocycles. The Morgan fingerprint density at radius 1 is 1.19 bits per heavy atom. The number of benzene rings is 1. The first-order chi connectivity index (χ1) is 15.1. The minimum absolute atomic E-state index is 0.0679. The highest BCUT2D eigenvalue weighted by Gasteiger charge is 2.44. The van der Waals surface area contributed by atoms with Crippen molar-refractivity contribution in [3.05, 3.63) is 42.4 Å². The van der Waals surface area contributed by atoms with E-state index >= 15 is 0 Å². The molecule has 0 saturated carbocycles. The van der Waals surface area contributed by atoms with Gasteiger partial charge in [0.2, 0.25) is 0 Å². The van der Waals surface area contributed by atoms with Gasteiger partial charge in [-0.2, -0.15) is 9.97 Å². The van der Waals surface area contributed by atoms with Gasteiger partial charge < -0.3 is 35.5 Å². The number of H-pyrrole nitrogens is 1. The lowest BCUT2D eigenvalue weighted by Crippen LogP contribution is -2.33. The van der Waals surface area contributed by atoms with E-state index in [1.807, 2.05) is 30.5 Å². The number of ether oxygens (including phenoxy) is 2. The van der Waals surface area contributed by atoms with E-state index in [1.54, 1.807) is 0 Å². The number of hydrogen-bond acceptors (Lipinski definition) is 9. The summed E-state index contributed by atoms with van der Waals surface area (Å²) >= 11 is 0. The molecule has 3 aromatic heterocycles. The third-order valence-corrected chi connectivity index (χ3v) is 5.50. The molecule has 4 aromatic rings. The zero-order chi connectivity index (χ0) is 21.5. The van der Waals surface area contributed by atoms with E-state index in [-0.39, 0.29) is 11.8 Å². The van der Waals surface area contributed by atoms with Crippen LogP contribution in [0, 0.1) is 0 Å². The van der Waals surface area contributed by atoms with Crippen LogP contribution < -0.4 is 10.5 Å². The molecular weight excluding hydrogens is 404 g/mol. The molecule has 1 aliphatic rings. The SMILES string of the molecule is Nc1nc(OCCc2c[nH]c3ccccc23)nc2c1ncn2C1O[C@@H](CO)[C@H](O)[C@@H]1O. The van der Waals surface area contributed by atoms with E-state index in [0.29, 0.717) is 24.2 Å². The van der Waals surface area contributed by atoms with Gasteiger partial charge in [-0.3, -0.25) is 4.57 Å². The molecule has 0 amide bonds. The maximum atomic E-state index is 10.3. The van der Waals surface area contributed by atoms with Crippen molar-refractivity contribution in [1.29, 1.82) is 0 Å². The molecule has 0 bridgehead atoms. The monoisotopic (exact) mass is 426 g/mol. The maximum absolute atomic E-state index is 10.3. The molecule has 5 rings (SSSR count). The van der Waals surface area contributed by atoms with Crippen molar-refractivity contribution in [1.82, 2.24) is 24.5 Å². The zero-order valence-electron chi connectivity index (χ0n) is 16.4. The van der Waals surface area contributed by atoms with Gasteiger partial charge in [-0.1, -0.05) is 18.2 Å². The molecule has 0 spiro atoms. The molecule has 6 N–H and O–H groups in total. The molecule has 162 valence electrons. The molecule has 31 heavy (non-hydrogen) atoms. The minimum Gasteiger partial charge on any atom is -0.463 e. The van der Waals surface area contributed by atoms with Gasteiger partial charge in [-0.25, -0.2) is 4.98 Å². The van der Waals surface area contributed by atoms with Crippen LogP contribution >= 0.6 is 0 Å². The van der Waals surface area contributed by atoms with Crippen molar-refractivity contribution in [3.63, 3.8) is 0 Å². The summed E-state index contributed by atoms with van der Waals surface area (Å²) in [6.07, 6.45) is -0.418. The summed E-state index contributed by atoms with van der Waals surface area (Å²) in [6.45, 7) is -0.102. The van der Waals surface area contributed by atoms with E-state index in [2.05, 4.69) is 19.9 Å². The number of aromatic nitrogens is 5. The fourth-order valence-corrected chi connectivity index (χ4v) is 3.87. The average Bonchev–Trinajstić information content (AvgIpc) is 3.45. The number of para-hydroxylation sites is 1. The van der Waals surface area contributed by atoms with Crippen LogP contribution in [0.5, 0.6) is 6.01 Å². The molecule has 1 fully saturated rings. The number of nitrogens with zero attached hydrogens (tertiary/aromatic N) is 4. The van der Waals surface area contributed by atoms with E-state index < -0.39 is 31.1 Å². The summed E-state index contributed by atoms with van der Waals surface area (Å²) in [5, 5.41) is 30.8. The Kier molecular flexibility index (Phi) is 4.94. The second-order valence-electron chi connectivity index (χ2n) is 7.40. The van der Waals surface area contributed by atoms with Crippen molar-refractivity contribution >= 4 is 27.9 Å². The predicted octanol–water partition coefficient (Wildman–Crippen LogP) is 0.123. The van der Waals surface area contributed by atoms with Gasteiger partial charge in [-0.05, 0) is 11.6 Å². The van der Waals surface area contributed by atoms with Crippen LogP contribution in [0.3, 0.4) is 0 Å². The number of aliphatic hydroxyl groups is 3. The van der Waals surface area contributed by atoms with Gasteiger partial charge >= 0.3 is 6.01 Å². The average molecular weight is 426 g/mol. The lowest BCUT2D eigenvalue weighted by Gasteiger charge is -2.16. The maximum Gasteiger partial charge on any atom is 0.320 e. The minimum atomic E-state index is -1.27. The number of aliphatic hydroxyl groups excluding tert-OH is 3. The van der Waals surface area contributed by atoms with Gasteiger partial charge in [0.25, 0.3) is 0 Å². The molecule has 4 atom stereocenters. The van der Waals surface area contributed by atoms with Crippen molar-refractivity contribution in [3.8, 4) is 6.01 Å². The number of nitrogens with two attached hydrogens (primary N) is 1. The molecule has 11 heteroatoms. The normalized spacial score (nSPS) is 23.7. The summed E-state index contributed by atoms with van der Waals surface area (Å²) in [6, 6.07) is 8.08. The fraction of sp³-hybridized carbons (Fsp3) is 0.350. The van der Waals surface area contributed by atoms with Crippen LogP contribution in [0.2, 0.25) is 0 Å². The van der Waals surface area contributed by atoms with Gasteiger partial charge in [-0.15, -0.1) is 0 Å². The van der Waals surface area contributed by atoms with Crippen LogP contribution in [0.4, 0.5) is 5.82 Å². The van der Waals surface area contributed by atoms with Crippen LogP contribution in [0.25, 0.3) is 22.1 Å². The van der Waals surface area contributed by atoms with Crippen LogP contribution in [0.15, 0.2) is 36.8 Å².